The Bertz CT molecular complexity index is 984. The van der Waals surface area contributed by atoms with Gasteiger partial charge in [-0.25, -0.2) is 4.39 Å². The summed E-state index contributed by atoms with van der Waals surface area (Å²) in [6.45, 7) is 3.34. The number of hydrogen-bond acceptors (Lipinski definition) is 3. The van der Waals surface area contributed by atoms with Crippen LogP contribution in [0.5, 0.6) is 0 Å². The molecule has 0 aliphatic carbocycles. The number of nitrogens with zero attached hydrogens (tertiary/aromatic N) is 2. The number of aryl methyl sites for hydroxylation is 1. The summed E-state index contributed by atoms with van der Waals surface area (Å²) in [7, 11) is 0. The van der Waals surface area contributed by atoms with E-state index in [0.717, 1.165) is 11.3 Å². The molecule has 2 aliphatic heterocycles. The van der Waals surface area contributed by atoms with Crippen LogP contribution < -0.4 is 10.2 Å². The molecule has 1 N–H and O–H groups in total. The van der Waals surface area contributed by atoms with Crippen LogP contribution in [0.3, 0.4) is 0 Å². The first kappa shape index (κ1) is 21.0. The van der Waals surface area contributed by atoms with Crippen molar-refractivity contribution >= 4 is 29.1 Å². The Labute approximate surface area is 181 Å². The van der Waals surface area contributed by atoms with Crippen LogP contribution in [0, 0.1) is 24.6 Å². The Morgan fingerprint density at radius 2 is 1.74 bits per heavy atom. The summed E-state index contributed by atoms with van der Waals surface area (Å²) < 4.78 is 13.3. The highest BCUT2D eigenvalue weighted by Crippen LogP contribution is 2.28. The maximum absolute atomic E-state index is 13.3. The number of anilines is 2. The van der Waals surface area contributed by atoms with Crippen molar-refractivity contribution < 1.29 is 18.8 Å². The summed E-state index contributed by atoms with van der Waals surface area (Å²) in [6.07, 6.45) is 1.32. The Morgan fingerprint density at radius 3 is 2.42 bits per heavy atom. The van der Waals surface area contributed by atoms with Gasteiger partial charge < -0.3 is 15.1 Å². The Morgan fingerprint density at radius 1 is 1.03 bits per heavy atom. The molecular weight excluding hydrogens is 397 g/mol. The van der Waals surface area contributed by atoms with Crippen molar-refractivity contribution in [1.82, 2.24) is 4.90 Å². The molecule has 2 aromatic rings. The first-order valence-corrected chi connectivity index (χ1v) is 10.6. The van der Waals surface area contributed by atoms with E-state index in [9.17, 15) is 18.8 Å². The number of likely N-dealkylation sites (tertiary alicyclic amines) is 1. The van der Waals surface area contributed by atoms with Gasteiger partial charge in [-0.3, -0.25) is 14.4 Å². The van der Waals surface area contributed by atoms with Crippen LogP contribution in [0.2, 0.25) is 0 Å². The Kier molecular flexibility index (Phi) is 6.02. The van der Waals surface area contributed by atoms with Crippen LogP contribution in [0.1, 0.15) is 24.8 Å². The fourth-order valence-corrected chi connectivity index (χ4v) is 4.28. The van der Waals surface area contributed by atoms with Crippen molar-refractivity contribution in [2.24, 2.45) is 11.8 Å². The quantitative estimate of drug-likeness (QED) is 0.820. The molecule has 0 spiro atoms. The normalized spacial score (nSPS) is 19.5. The molecule has 2 aromatic carbocycles. The second-order valence-corrected chi connectivity index (χ2v) is 8.34. The molecule has 0 saturated carbocycles. The standard InChI is InChI=1S/C24H26FN3O3/c1-16-5-7-21(8-6-16)28-15-18(13-22(28)29)24(31)27-11-9-17(10-12-27)23(30)26-20-4-2-3-19(25)14-20/h2-8,14,17-18H,9-13,15H2,1H3,(H,26,30)/t18-/m0/s1. The third-order valence-electron chi connectivity index (χ3n) is 6.09. The number of benzene rings is 2. The van der Waals surface area contributed by atoms with Crippen molar-refractivity contribution in [3.8, 4) is 0 Å². The lowest BCUT2D eigenvalue weighted by molar-refractivity contribution is -0.138. The lowest BCUT2D eigenvalue weighted by Gasteiger charge is -2.33. The van der Waals surface area contributed by atoms with Crippen molar-refractivity contribution in [3.63, 3.8) is 0 Å². The molecule has 0 bridgehead atoms. The second-order valence-electron chi connectivity index (χ2n) is 8.34. The number of nitrogens with one attached hydrogen (secondary N) is 1. The SMILES string of the molecule is Cc1ccc(N2C[C@@H](C(=O)N3CCC(C(=O)Nc4cccc(F)c4)CC3)CC2=O)cc1. The molecule has 4 rings (SSSR count). The second kappa shape index (κ2) is 8.88. The first-order chi connectivity index (χ1) is 14.9. The average molecular weight is 423 g/mol. The van der Waals surface area contributed by atoms with E-state index in [2.05, 4.69) is 5.32 Å². The lowest BCUT2D eigenvalue weighted by Crippen LogP contribution is -2.44. The summed E-state index contributed by atoms with van der Waals surface area (Å²) in [4.78, 5) is 41.4. The molecule has 31 heavy (non-hydrogen) atoms. The number of rotatable bonds is 4. The largest absolute Gasteiger partial charge is 0.342 e. The van der Waals surface area contributed by atoms with Gasteiger partial charge in [-0.15, -0.1) is 0 Å². The van der Waals surface area contributed by atoms with Crippen LogP contribution >= 0.6 is 0 Å². The van der Waals surface area contributed by atoms with E-state index >= 15 is 0 Å². The van der Waals surface area contributed by atoms with Crippen LogP contribution in [-0.2, 0) is 14.4 Å². The molecular formula is C24H26FN3O3. The molecule has 3 amide bonds. The monoisotopic (exact) mass is 423 g/mol. The third-order valence-corrected chi connectivity index (χ3v) is 6.09. The molecule has 1 atom stereocenters. The predicted octanol–water partition coefficient (Wildman–Crippen LogP) is 3.36. The van der Waals surface area contributed by atoms with Gasteiger partial charge in [-0.2, -0.15) is 0 Å². The van der Waals surface area contributed by atoms with E-state index in [1.165, 1.54) is 12.1 Å². The zero-order chi connectivity index (χ0) is 22.0. The molecule has 0 aromatic heterocycles. The van der Waals surface area contributed by atoms with Crippen LogP contribution in [0.4, 0.5) is 15.8 Å². The smallest absolute Gasteiger partial charge is 0.228 e. The molecule has 2 aliphatic rings. The van der Waals surface area contributed by atoms with Gasteiger partial charge in [0, 0.05) is 43.3 Å². The predicted molar refractivity (Wildman–Crippen MR) is 116 cm³/mol. The highest BCUT2D eigenvalue weighted by atomic mass is 19.1. The summed E-state index contributed by atoms with van der Waals surface area (Å²) in [5.74, 6) is -1.19. The van der Waals surface area contributed by atoms with E-state index in [1.54, 1.807) is 21.9 Å². The lowest BCUT2D eigenvalue weighted by atomic mass is 9.94. The van der Waals surface area contributed by atoms with Gasteiger partial charge in [0.1, 0.15) is 5.82 Å². The maximum Gasteiger partial charge on any atom is 0.228 e. The summed E-state index contributed by atoms with van der Waals surface area (Å²) in [5.41, 5.74) is 2.37. The zero-order valence-corrected chi connectivity index (χ0v) is 17.5. The molecule has 162 valence electrons. The van der Waals surface area contributed by atoms with Crippen molar-refractivity contribution in [2.45, 2.75) is 26.2 Å². The van der Waals surface area contributed by atoms with Gasteiger partial charge in [0.2, 0.25) is 17.7 Å². The minimum atomic E-state index is -0.399. The van der Waals surface area contributed by atoms with Gasteiger partial charge in [0.05, 0.1) is 5.92 Å². The van der Waals surface area contributed by atoms with Crippen LogP contribution in [-0.4, -0.2) is 42.3 Å². The maximum atomic E-state index is 13.3. The molecule has 2 heterocycles. The highest BCUT2D eigenvalue weighted by molar-refractivity contribution is 6.00. The van der Waals surface area contributed by atoms with E-state index in [1.807, 2.05) is 31.2 Å². The molecule has 6 nitrogen and oxygen atoms in total. The third kappa shape index (κ3) is 4.76. The number of amides is 3. The molecule has 2 saturated heterocycles. The molecule has 2 fully saturated rings. The zero-order valence-electron chi connectivity index (χ0n) is 17.5. The number of hydrogen-bond donors (Lipinski definition) is 1. The number of carbonyl (C=O) groups excluding carboxylic acids is 3. The number of piperidine rings is 1. The topological polar surface area (TPSA) is 69.7 Å². The Hall–Kier alpha value is -3.22. The number of halogens is 1. The fraction of sp³-hybridized carbons (Fsp3) is 0.375. The Balaban J connectivity index is 1.30. The van der Waals surface area contributed by atoms with E-state index in [-0.39, 0.29) is 36.0 Å². The van der Waals surface area contributed by atoms with Crippen LogP contribution in [0.15, 0.2) is 48.5 Å². The molecule has 0 radical (unpaired) electrons. The van der Waals surface area contributed by atoms with E-state index in [0.29, 0.717) is 38.2 Å². The van der Waals surface area contributed by atoms with Gasteiger partial charge >= 0.3 is 0 Å². The highest BCUT2D eigenvalue weighted by Gasteiger charge is 2.38. The van der Waals surface area contributed by atoms with E-state index in [4.69, 9.17) is 0 Å². The summed E-state index contributed by atoms with van der Waals surface area (Å²) in [5, 5.41) is 2.75. The summed E-state index contributed by atoms with van der Waals surface area (Å²) >= 11 is 0. The molecule has 0 unspecified atom stereocenters. The minimum absolute atomic E-state index is 0.0213. The van der Waals surface area contributed by atoms with E-state index < -0.39 is 5.82 Å². The average Bonchev–Trinajstić information content (AvgIpc) is 3.15. The van der Waals surface area contributed by atoms with Gasteiger partial charge in [0.25, 0.3) is 0 Å². The first-order valence-electron chi connectivity index (χ1n) is 10.6. The van der Waals surface area contributed by atoms with Crippen molar-refractivity contribution in [2.75, 3.05) is 29.9 Å². The number of carbonyl (C=O) groups is 3. The minimum Gasteiger partial charge on any atom is -0.342 e. The molecule has 7 heteroatoms. The van der Waals surface area contributed by atoms with Crippen molar-refractivity contribution in [3.05, 3.63) is 59.9 Å². The van der Waals surface area contributed by atoms with Crippen molar-refractivity contribution in [1.29, 1.82) is 0 Å². The van der Waals surface area contributed by atoms with Gasteiger partial charge in [-0.1, -0.05) is 23.8 Å². The summed E-state index contributed by atoms with van der Waals surface area (Å²) in [6, 6.07) is 13.5. The van der Waals surface area contributed by atoms with Crippen LogP contribution in [0.25, 0.3) is 0 Å². The fourth-order valence-electron chi connectivity index (χ4n) is 4.28. The van der Waals surface area contributed by atoms with Gasteiger partial charge in [-0.05, 0) is 50.1 Å². The van der Waals surface area contributed by atoms with Gasteiger partial charge in [0.15, 0.2) is 0 Å².